The third-order valence-electron chi connectivity index (χ3n) is 1.81. The van der Waals surface area contributed by atoms with Gasteiger partial charge in [0.05, 0.1) is 0 Å². The molecule has 0 aliphatic heterocycles. The molecule has 1 atom stereocenters. The second-order valence-corrected chi connectivity index (χ2v) is 2.88. The van der Waals surface area contributed by atoms with Crippen molar-refractivity contribution in [3.8, 4) is 0 Å². The van der Waals surface area contributed by atoms with Crippen LogP contribution >= 0.6 is 0 Å². The average Bonchev–Trinajstić information content (AvgIpc) is 2.03. The molecule has 70 valence electrons. The van der Waals surface area contributed by atoms with Gasteiger partial charge in [0, 0.05) is 18.3 Å². The van der Waals surface area contributed by atoms with E-state index in [9.17, 15) is 14.9 Å². The van der Waals surface area contributed by atoms with Gasteiger partial charge in [-0.05, 0) is 6.42 Å². The number of nitrogens with zero attached hydrogens (tertiary/aromatic N) is 1. The fraction of sp³-hybridized carbons (Fsp3) is 0.875. The van der Waals surface area contributed by atoms with Gasteiger partial charge in [0.1, 0.15) is 0 Å². The summed E-state index contributed by atoms with van der Waals surface area (Å²) in [6.07, 6.45) is 3.11. The molecule has 0 saturated carbocycles. The summed E-state index contributed by atoms with van der Waals surface area (Å²) in [6, 6.07) is -1.03. The van der Waals surface area contributed by atoms with Crippen LogP contribution in [0, 0.1) is 10.1 Å². The first-order valence-electron chi connectivity index (χ1n) is 4.25. The van der Waals surface area contributed by atoms with Crippen LogP contribution in [-0.2, 0) is 4.79 Å². The Hall–Kier alpha value is -0.930. The van der Waals surface area contributed by atoms with E-state index in [2.05, 4.69) is 0 Å². The van der Waals surface area contributed by atoms with Crippen LogP contribution in [0.25, 0.3) is 0 Å². The van der Waals surface area contributed by atoms with Crippen LogP contribution in [0.5, 0.6) is 0 Å². The van der Waals surface area contributed by atoms with E-state index in [4.69, 9.17) is 0 Å². The molecule has 0 spiro atoms. The highest BCUT2D eigenvalue weighted by atomic mass is 16.6. The summed E-state index contributed by atoms with van der Waals surface area (Å²) in [6.45, 7) is 3.37. The Bertz CT molecular complexity index is 168. The lowest BCUT2D eigenvalue weighted by Crippen LogP contribution is -2.25. The number of carbonyl (C=O) groups excluding carboxylic acids is 1. The van der Waals surface area contributed by atoms with Gasteiger partial charge in [-0.25, -0.2) is 0 Å². The van der Waals surface area contributed by atoms with Gasteiger partial charge in [0.25, 0.3) is 6.04 Å². The van der Waals surface area contributed by atoms with Gasteiger partial charge in [0.2, 0.25) is 5.78 Å². The Morgan fingerprint density at radius 3 is 2.50 bits per heavy atom. The highest BCUT2D eigenvalue weighted by molar-refractivity contribution is 5.82. The summed E-state index contributed by atoms with van der Waals surface area (Å²) in [5, 5.41) is 10.2. The molecule has 0 aliphatic rings. The van der Waals surface area contributed by atoms with E-state index in [0.717, 1.165) is 19.3 Å². The summed E-state index contributed by atoms with van der Waals surface area (Å²) >= 11 is 0. The lowest BCUT2D eigenvalue weighted by molar-refractivity contribution is -0.503. The van der Waals surface area contributed by atoms with Crippen molar-refractivity contribution in [1.29, 1.82) is 0 Å². The van der Waals surface area contributed by atoms with Crippen molar-refractivity contribution in [3.63, 3.8) is 0 Å². The van der Waals surface area contributed by atoms with Crippen LogP contribution in [0.3, 0.4) is 0 Å². The molecule has 0 radical (unpaired) electrons. The maximum atomic E-state index is 11.0. The molecule has 4 nitrogen and oxygen atoms in total. The molecule has 0 heterocycles. The van der Waals surface area contributed by atoms with Gasteiger partial charge in [-0.1, -0.05) is 19.8 Å². The number of unbranched alkanes of at least 4 members (excludes halogenated alkanes) is 2. The van der Waals surface area contributed by atoms with E-state index in [0.29, 0.717) is 6.42 Å². The van der Waals surface area contributed by atoms with Crippen molar-refractivity contribution in [2.45, 2.75) is 45.6 Å². The molecular formula is C8H15NO3. The van der Waals surface area contributed by atoms with E-state index >= 15 is 0 Å². The first kappa shape index (κ1) is 11.1. The molecule has 0 aromatic heterocycles. The SMILES string of the molecule is CCCCCC(=O)C(C)[N+](=O)[O-]. The quantitative estimate of drug-likeness (QED) is 0.349. The number of nitro groups is 1. The van der Waals surface area contributed by atoms with Gasteiger partial charge >= 0.3 is 0 Å². The summed E-state index contributed by atoms with van der Waals surface area (Å²) in [4.78, 5) is 20.6. The molecule has 0 N–H and O–H groups in total. The Morgan fingerprint density at radius 1 is 1.50 bits per heavy atom. The minimum atomic E-state index is -1.03. The standard InChI is InChI=1S/C8H15NO3/c1-3-4-5-6-8(10)7(2)9(11)12/h7H,3-6H2,1-2H3. The van der Waals surface area contributed by atoms with E-state index < -0.39 is 11.0 Å². The van der Waals surface area contributed by atoms with E-state index in [-0.39, 0.29) is 5.78 Å². The highest BCUT2D eigenvalue weighted by Crippen LogP contribution is 2.03. The lowest BCUT2D eigenvalue weighted by atomic mass is 10.1. The minimum absolute atomic E-state index is 0.256. The zero-order valence-corrected chi connectivity index (χ0v) is 7.58. The fourth-order valence-corrected chi connectivity index (χ4v) is 0.876. The van der Waals surface area contributed by atoms with Crippen molar-refractivity contribution >= 4 is 5.78 Å². The largest absolute Gasteiger partial charge is 0.292 e. The van der Waals surface area contributed by atoms with Gasteiger partial charge in [-0.2, -0.15) is 0 Å². The summed E-state index contributed by atoms with van der Waals surface area (Å²) in [5.41, 5.74) is 0. The molecule has 0 aromatic carbocycles. The summed E-state index contributed by atoms with van der Waals surface area (Å²) < 4.78 is 0. The number of Topliss-reactive ketones (excluding diaryl/α,β-unsaturated/α-hetero) is 1. The predicted octanol–water partition coefficient (Wildman–Crippen LogP) is 1.80. The molecule has 1 unspecified atom stereocenters. The van der Waals surface area contributed by atoms with Crippen molar-refractivity contribution < 1.29 is 9.72 Å². The number of hydrogen-bond donors (Lipinski definition) is 0. The summed E-state index contributed by atoms with van der Waals surface area (Å²) in [5.74, 6) is -0.256. The molecule has 0 aliphatic carbocycles. The smallest absolute Gasteiger partial charge is 0.267 e. The molecule has 0 bridgehead atoms. The second-order valence-electron chi connectivity index (χ2n) is 2.88. The second kappa shape index (κ2) is 5.69. The monoisotopic (exact) mass is 173 g/mol. The van der Waals surface area contributed by atoms with E-state index in [1.807, 2.05) is 6.92 Å². The topological polar surface area (TPSA) is 60.2 Å². The van der Waals surface area contributed by atoms with Crippen LogP contribution in [-0.4, -0.2) is 16.7 Å². The number of hydrogen-bond acceptors (Lipinski definition) is 3. The Kier molecular flexibility index (Phi) is 5.25. The predicted molar refractivity (Wildman–Crippen MR) is 45.6 cm³/mol. The van der Waals surface area contributed by atoms with Gasteiger partial charge in [-0.3, -0.25) is 14.9 Å². The Balaban J connectivity index is 3.65. The lowest BCUT2D eigenvalue weighted by Gasteiger charge is -2.01. The minimum Gasteiger partial charge on any atom is -0.292 e. The molecule has 4 heteroatoms. The average molecular weight is 173 g/mol. The normalized spacial score (nSPS) is 12.5. The zero-order valence-electron chi connectivity index (χ0n) is 7.58. The molecule has 0 saturated heterocycles. The van der Waals surface area contributed by atoms with Crippen molar-refractivity contribution in [2.24, 2.45) is 0 Å². The number of carbonyl (C=O) groups is 1. The molecule has 0 amide bonds. The number of rotatable bonds is 6. The third-order valence-corrected chi connectivity index (χ3v) is 1.81. The molecular weight excluding hydrogens is 158 g/mol. The number of ketones is 1. The summed E-state index contributed by atoms with van der Waals surface area (Å²) in [7, 11) is 0. The maximum Gasteiger partial charge on any atom is 0.267 e. The maximum absolute atomic E-state index is 11.0. The van der Waals surface area contributed by atoms with Crippen LogP contribution in [0.15, 0.2) is 0 Å². The van der Waals surface area contributed by atoms with Crippen LogP contribution in [0.1, 0.15) is 39.5 Å². The van der Waals surface area contributed by atoms with Crippen molar-refractivity contribution in [2.75, 3.05) is 0 Å². The molecule has 0 aromatic rings. The van der Waals surface area contributed by atoms with Crippen LogP contribution < -0.4 is 0 Å². The van der Waals surface area contributed by atoms with Gasteiger partial charge in [0.15, 0.2) is 0 Å². The third kappa shape index (κ3) is 4.05. The molecule has 0 fully saturated rings. The highest BCUT2D eigenvalue weighted by Gasteiger charge is 2.21. The van der Waals surface area contributed by atoms with Crippen molar-refractivity contribution in [3.05, 3.63) is 10.1 Å². The zero-order chi connectivity index (χ0) is 9.56. The van der Waals surface area contributed by atoms with Crippen LogP contribution in [0.4, 0.5) is 0 Å². The van der Waals surface area contributed by atoms with Gasteiger partial charge < -0.3 is 0 Å². The van der Waals surface area contributed by atoms with Crippen LogP contribution in [0.2, 0.25) is 0 Å². The van der Waals surface area contributed by atoms with E-state index in [1.165, 1.54) is 6.92 Å². The molecule has 12 heavy (non-hydrogen) atoms. The fourth-order valence-electron chi connectivity index (χ4n) is 0.876. The van der Waals surface area contributed by atoms with Crippen molar-refractivity contribution in [1.82, 2.24) is 0 Å². The molecule has 0 rings (SSSR count). The first-order chi connectivity index (χ1) is 5.59. The Labute approximate surface area is 72.1 Å². The van der Waals surface area contributed by atoms with E-state index in [1.54, 1.807) is 0 Å². The first-order valence-corrected chi connectivity index (χ1v) is 4.25. The van der Waals surface area contributed by atoms with Gasteiger partial charge in [-0.15, -0.1) is 0 Å². The Morgan fingerprint density at radius 2 is 2.08 bits per heavy atom.